The largest absolute Gasteiger partial charge is 0.399 e. The van der Waals surface area contributed by atoms with Gasteiger partial charge in [0.05, 0.1) is 6.61 Å². The Kier molecular flexibility index (Phi) is 3.64. The Morgan fingerprint density at radius 2 is 2.35 bits per heavy atom. The molecule has 3 nitrogen and oxygen atoms in total. The molecule has 0 amide bonds. The van der Waals surface area contributed by atoms with Crippen molar-refractivity contribution in [2.24, 2.45) is 0 Å². The Balaban J connectivity index is 1.97. The second-order valence-electron chi connectivity index (χ2n) is 4.92. The van der Waals surface area contributed by atoms with Crippen LogP contribution in [0, 0.1) is 5.82 Å². The van der Waals surface area contributed by atoms with Crippen LogP contribution in [0.5, 0.6) is 0 Å². The lowest BCUT2D eigenvalue weighted by Crippen LogP contribution is -2.48. The average Bonchev–Trinajstić information content (AvgIpc) is 2.29. The van der Waals surface area contributed by atoms with Crippen LogP contribution in [0.25, 0.3) is 0 Å². The van der Waals surface area contributed by atoms with Crippen molar-refractivity contribution in [1.82, 2.24) is 5.32 Å². The molecule has 1 aromatic carbocycles. The van der Waals surface area contributed by atoms with Gasteiger partial charge in [-0.2, -0.15) is 0 Å². The van der Waals surface area contributed by atoms with E-state index in [-0.39, 0.29) is 11.4 Å². The SMILES string of the molecule is CC1(NCc2ccc(N)cc2F)CCCOC1. The summed E-state index contributed by atoms with van der Waals surface area (Å²) in [5.74, 6) is -0.252. The van der Waals surface area contributed by atoms with Gasteiger partial charge in [0.2, 0.25) is 0 Å². The summed E-state index contributed by atoms with van der Waals surface area (Å²) in [5, 5.41) is 3.37. The Morgan fingerprint density at radius 3 is 3.00 bits per heavy atom. The van der Waals surface area contributed by atoms with Crippen molar-refractivity contribution < 1.29 is 9.13 Å². The van der Waals surface area contributed by atoms with Crippen LogP contribution in [0.1, 0.15) is 25.3 Å². The van der Waals surface area contributed by atoms with E-state index in [1.807, 2.05) is 0 Å². The van der Waals surface area contributed by atoms with Crippen LogP contribution in [-0.4, -0.2) is 18.8 Å². The highest BCUT2D eigenvalue weighted by molar-refractivity contribution is 5.40. The molecule has 3 N–H and O–H groups in total. The fourth-order valence-corrected chi connectivity index (χ4v) is 2.09. The van der Waals surface area contributed by atoms with E-state index in [0.717, 1.165) is 19.4 Å². The Hall–Kier alpha value is -1.13. The first-order valence-corrected chi connectivity index (χ1v) is 5.96. The van der Waals surface area contributed by atoms with Crippen LogP contribution >= 0.6 is 0 Å². The summed E-state index contributed by atoms with van der Waals surface area (Å²) < 4.78 is 19.0. The minimum Gasteiger partial charge on any atom is -0.399 e. The molecular weight excluding hydrogens is 219 g/mol. The third kappa shape index (κ3) is 3.17. The Morgan fingerprint density at radius 1 is 1.53 bits per heavy atom. The van der Waals surface area contributed by atoms with Gasteiger partial charge in [0.15, 0.2) is 0 Å². The number of anilines is 1. The maximum atomic E-state index is 13.6. The highest BCUT2D eigenvalue weighted by Crippen LogP contribution is 2.20. The number of halogens is 1. The molecule has 0 aromatic heterocycles. The number of ether oxygens (including phenoxy) is 1. The van der Waals surface area contributed by atoms with Crippen molar-refractivity contribution in [2.75, 3.05) is 18.9 Å². The molecule has 0 spiro atoms. The molecule has 94 valence electrons. The molecule has 0 bridgehead atoms. The number of nitrogens with one attached hydrogen (secondary N) is 1. The van der Waals surface area contributed by atoms with Gasteiger partial charge in [-0.15, -0.1) is 0 Å². The summed E-state index contributed by atoms with van der Waals surface area (Å²) in [6.07, 6.45) is 2.11. The molecule has 2 rings (SSSR count). The van der Waals surface area contributed by atoms with Crippen molar-refractivity contribution in [1.29, 1.82) is 0 Å². The predicted molar refractivity (Wildman–Crippen MR) is 66.1 cm³/mol. The van der Waals surface area contributed by atoms with Gasteiger partial charge in [-0.1, -0.05) is 6.07 Å². The quantitative estimate of drug-likeness (QED) is 0.792. The van der Waals surface area contributed by atoms with Crippen LogP contribution in [0.3, 0.4) is 0 Å². The van der Waals surface area contributed by atoms with Crippen molar-refractivity contribution in [3.05, 3.63) is 29.6 Å². The third-order valence-corrected chi connectivity index (χ3v) is 3.22. The fourth-order valence-electron chi connectivity index (χ4n) is 2.09. The van der Waals surface area contributed by atoms with Crippen molar-refractivity contribution in [3.63, 3.8) is 0 Å². The molecule has 1 aromatic rings. The lowest BCUT2D eigenvalue weighted by Gasteiger charge is -2.34. The molecule has 1 saturated heterocycles. The first-order chi connectivity index (χ1) is 8.09. The van der Waals surface area contributed by atoms with Gasteiger partial charge in [-0.05, 0) is 31.9 Å². The molecule has 1 aliphatic rings. The van der Waals surface area contributed by atoms with Crippen LogP contribution in [0.2, 0.25) is 0 Å². The molecule has 1 atom stereocenters. The molecule has 1 aliphatic heterocycles. The zero-order valence-electron chi connectivity index (χ0n) is 10.1. The van der Waals surface area contributed by atoms with E-state index < -0.39 is 0 Å². The summed E-state index contributed by atoms with van der Waals surface area (Å²) >= 11 is 0. The minimum atomic E-state index is -0.252. The molecule has 17 heavy (non-hydrogen) atoms. The monoisotopic (exact) mass is 238 g/mol. The van der Waals surface area contributed by atoms with E-state index in [2.05, 4.69) is 12.2 Å². The number of hydrogen-bond acceptors (Lipinski definition) is 3. The van der Waals surface area contributed by atoms with Crippen LogP contribution in [0.15, 0.2) is 18.2 Å². The standard InChI is InChI=1S/C13H19FN2O/c1-13(5-2-6-17-9-13)16-8-10-3-4-11(15)7-12(10)14/h3-4,7,16H,2,5-6,8-9,15H2,1H3. The van der Waals surface area contributed by atoms with Crippen LogP contribution in [-0.2, 0) is 11.3 Å². The van der Waals surface area contributed by atoms with Gasteiger partial charge >= 0.3 is 0 Å². The highest BCUT2D eigenvalue weighted by atomic mass is 19.1. The lowest BCUT2D eigenvalue weighted by atomic mass is 9.94. The van der Waals surface area contributed by atoms with Crippen molar-refractivity contribution in [3.8, 4) is 0 Å². The van der Waals surface area contributed by atoms with Gasteiger partial charge in [-0.3, -0.25) is 0 Å². The highest BCUT2D eigenvalue weighted by Gasteiger charge is 2.26. The zero-order chi connectivity index (χ0) is 12.3. The summed E-state index contributed by atoms with van der Waals surface area (Å²) in [5.41, 5.74) is 6.56. The normalized spacial score (nSPS) is 24.8. The van der Waals surface area contributed by atoms with E-state index in [4.69, 9.17) is 10.5 Å². The first kappa shape index (κ1) is 12.3. The maximum Gasteiger partial charge on any atom is 0.129 e. The summed E-state index contributed by atoms with van der Waals surface area (Å²) in [4.78, 5) is 0. The van der Waals surface area contributed by atoms with E-state index in [1.54, 1.807) is 12.1 Å². The molecule has 0 aliphatic carbocycles. The first-order valence-electron chi connectivity index (χ1n) is 5.96. The number of rotatable bonds is 3. The predicted octanol–water partition coefficient (Wildman–Crippen LogP) is 2.07. The van der Waals surface area contributed by atoms with Gasteiger partial charge < -0.3 is 15.8 Å². The number of nitrogen functional groups attached to an aromatic ring is 1. The Bertz CT molecular complexity index is 389. The zero-order valence-corrected chi connectivity index (χ0v) is 10.1. The van der Waals surface area contributed by atoms with E-state index in [1.165, 1.54) is 6.07 Å². The molecule has 1 unspecified atom stereocenters. The summed E-state index contributed by atoms with van der Waals surface area (Å²) in [6.45, 7) is 4.13. The molecule has 4 heteroatoms. The molecule has 0 saturated carbocycles. The van der Waals surface area contributed by atoms with Gasteiger partial charge in [0, 0.05) is 29.9 Å². The Labute approximate surface area is 101 Å². The molecular formula is C13H19FN2O. The topological polar surface area (TPSA) is 47.3 Å². The second-order valence-corrected chi connectivity index (χ2v) is 4.92. The van der Waals surface area contributed by atoms with Crippen LogP contribution in [0.4, 0.5) is 10.1 Å². The van der Waals surface area contributed by atoms with Crippen molar-refractivity contribution in [2.45, 2.75) is 31.8 Å². The fraction of sp³-hybridized carbons (Fsp3) is 0.538. The average molecular weight is 238 g/mol. The smallest absolute Gasteiger partial charge is 0.129 e. The number of hydrogen-bond donors (Lipinski definition) is 2. The minimum absolute atomic E-state index is 0.0495. The van der Waals surface area contributed by atoms with Gasteiger partial charge in [-0.25, -0.2) is 4.39 Å². The summed E-state index contributed by atoms with van der Waals surface area (Å²) in [7, 11) is 0. The lowest BCUT2D eigenvalue weighted by molar-refractivity contribution is 0.0276. The van der Waals surface area contributed by atoms with E-state index in [0.29, 0.717) is 24.4 Å². The summed E-state index contributed by atoms with van der Waals surface area (Å²) in [6, 6.07) is 4.81. The van der Waals surface area contributed by atoms with E-state index in [9.17, 15) is 4.39 Å². The van der Waals surface area contributed by atoms with Gasteiger partial charge in [0.25, 0.3) is 0 Å². The van der Waals surface area contributed by atoms with Crippen molar-refractivity contribution >= 4 is 5.69 Å². The number of nitrogens with two attached hydrogens (primary N) is 1. The molecule has 0 radical (unpaired) electrons. The second kappa shape index (κ2) is 5.02. The third-order valence-electron chi connectivity index (χ3n) is 3.22. The number of benzene rings is 1. The van der Waals surface area contributed by atoms with Crippen LogP contribution < -0.4 is 11.1 Å². The maximum absolute atomic E-state index is 13.6. The van der Waals surface area contributed by atoms with Gasteiger partial charge in [0.1, 0.15) is 5.82 Å². The van der Waals surface area contributed by atoms with E-state index >= 15 is 0 Å². The molecule has 1 fully saturated rings. The molecule has 1 heterocycles.